The Bertz CT molecular complexity index is 1320. The highest BCUT2D eigenvalue weighted by Crippen LogP contribution is 2.29. The molecular formula is C34H39F3N2O4. The zero-order chi connectivity index (χ0) is 31.2. The molecule has 9 heteroatoms. The summed E-state index contributed by atoms with van der Waals surface area (Å²) in [5.41, 5.74) is 2.76. The smallest absolute Gasteiger partial charge is 0.416 e. The molecule has 0 radical (unpaired) electrons. The Morgan fingerprint density at radius 3 is 1.77 bits per heavy atom. The van der Waals surface area contributed by atoms with E-state index in [4.69, 9.17) is 4.74 Å². The number of carbonyl (C=O) groups is 3. The molecule has 0 saturated carbocycles. The fraction of sp³-hybridized carbons (Fsp3) is 0.382. The summed E-state index contributed by atoms with van der Waals surface area (Å²) < 4.78 is 43.7. The van der Waals surface area contributed by atoms with Crippen LogP contribution in [0.25, 0.3) is 11.1 Å². The maximum atomic E-state index is 13.0. The van der Waals surface area contributed by atoms with Gasteiger partial charge in [-0.1, -0.05) is 87.6 Å². The number of nitrogens with one attached hydrogen (secondary N) is 1. The number of amides is 2. The maximum Gasteiger partial charge on any atom is 0.416 e. The van der Waals surface area contributed by atoms with Gasteiger partial charge in [-0.05, 0) is 59.9 Å². The Labute approximate surface area is 251 Å². The van der Waals surface area contributed by atoms with E-state index in [1.54, 1.807) is 19.1 Å². The van der Waals surface area contributed by atoms with Gasteiger partial charge in [-0.2, -0.15) is 13.2 Å². The Hall–Kier alpha value is -4.14. The summed E-state index contributed by atoms with van der Waals surface area (Å²) in [6.45, 7) is 4.43. The Balaban J connectivity index is 1.63. The van der Waals surface area contributed by atoms with Crippen LogP contribution < -0.4 is 5.32 Å². The largest absolute Gasteiger partial charge is 0.459 e. The highest BCUT2D eigenvalue weighted by molar-refractivity contribution is 6.32. The van der Waals surface area contributed by atoms with Gasteiger partial charge < -0.3 is 15.0 Å². The van der Waals surface area contributed by atoms with Crippen LogP contribution in [-0.4, -0.2) is 35.8 Å². The molecule has 0 aliphatic heterocycles. The second kappa shape index (κ2) is 16.5. The van der Waals surface area contributed by atoms with Crippen LogP contribution in [0.2, 0.25) is 0 Å². The van der Waals surface area contributed by atoms with Crippen molar-refractivity contribution < 1.29 is 32.3 Å². The number of carbonyl (C=O) groups excluding carboxylic acids is 3. The molecule has 0 heterocycles. The minimum Gasteiger partial charge on any atom is -0.459 e. The van der Waals surface area contributed by atoms with Crippen molar-refractivity contribution in [3.63, 3.8) is 0 Å². The lowest BCUT2D eigenvalue weighted by atomic mass is 10.0. The molecule has 0 fully saturated rings. The van der Waals surface area contributed by atoms with Crippen LogP contribution >= 0.6 is 0 Å². The molecule has 230 valence electrons. The second-order valence-electron chi connectivity index (χ2n) is 10.4. The lowest BCUT2D eigenvalue weighted by Crippen LogP contribution is -2.36. The first-order chi connectivity index (χ1) is 20.6. The van der Waals surface area contributed by atoms with Crippen LogP contribution in [-0.2, 0) is 33.6 Å². The molecule has 0 atom stereocenters. The molecule has 3 rings (SSSR count). The molecule has 43 heavy (non-hydrogen) atoms. The van der Waals surface area contributed by atoms with Crippen LogP contribution in [0.1, 0.15) is 79.4 Å². The lowest BCUT2D eigenvalue weighted by Gasteiger charge is -2.22. The van der Waals surface area contributed by atoms with Crippen molar-refractivity contribution >= 4 is 17.8 Å². The first kappa shape index (κ1) is 33.4. The fourth-order valence-corrected chi connectivity index (χ4v) is 4.59. The van der Waals surface area contributed by atoms with E-state index < -0.39 is 23.6 Å². The zero-order valence-electron chi connectivity index (χ0n) is 24.7. The molecule has 0 saturated heterocycles. The van der Waals surface area contributed by atoms with Crippen molar-refractivity contribution in [2.45, 2.75) is 71.6 Å². The molecule has 1 N–H and O–H groups in total. The number of rotatable bonds is 14. The number of hydrogen-bond acceptors (Lipinski definition) is 4. The topological polar surface area (TPSA) is 75.7 Å². The molecular weight excluding hydrogens is 557 g/mol. The van der Waals surface area contributed by atoms with Crippen molar-refractivity contribution in [3.8, 4) is 11.1 Å². The van der Waals surface area contributed by atoms with Crippen LogP contribution in [0.5, 0.6) is 0 Å². The summed E-state index contributed by atoms with van der Waals surface area (Å²) in [7, 11) is 0. The molecule has 3 aromatic carbocycles. The van der Waals surface area contributed by atoms with Crippen molar-refractivity contribution in [2.24, 2.45) is 0 Å². The van der Waals surface area contributed by atoms with Gasteiger partial charge in [0.2, 0.25) is 0 Å². The third-order valence-electron chi connectivity index (χ3n) is 7.02. The van der Waals surface area contributed by atoms with Crippen molar-refractivity contribution in [2.75, 3.05) is 13.2 Å². The van der Waals surface area contributed by atoms with Crippen molar-refractivity contribution in [1.82, 2.24) is 10.2 Å². The minimum absolute atomic E-state index is 0.0208. The number of nitrogens with zero attached hydrogens (tertiary/aromatic N) is 1. The molecule has 3 aromatic rings. The second-order valence-corrected chi connectivity index (χ2v) is 10.4. The highest BCUT2D eigenvalue weighted by Gasteiger charge is 2.30. The number of esters is 1. The Morgan fingerprint density at radius 1 is 0.721 bits per heavy atom. The molecule has 0 aromatic heterocycles. The third-order valence-corrected chi connectivity index (χ3v) is 7.02. The zero-order valence-corrected chi connectivity index (χ0v) is 24.7. The SMILES string of the molecule is CCCCCCCCNC(=O)c1ccc(-c2ccc(CN(Cc3ccc(C(F)(F)F)cc3)C(=O)C(=O)OCC)cc2)cc1. The van der Waals surface area contributed by atoms with E-state index >= 15 is 0 Å². The minimum atomic E-state index is -4.47. The Kier molecular flexibility index (Phi) is 12.8. The van der Waals surface area contributed by atoms with Gasteiger partial charge in [0.1, 0.15) is 0 Å². The predicted molar refractivity (Wildman–Crippen MR) is 160 cm³/mol. The van der Waals surface area contributed by atoms with E-state index in [1.807, 2.05) is 36.4 Å². The number of ether oxygens (including phenoxy) is 1. The molecule has 0 aliphatic carbocycles. The van der Waals surface area contributed by atoms with Gasteiger partial charge in [0, 0.05) is 25.2 Å². The summed E-state index contributed by atoms with van der Waals surface area (Å²) >= 11 is 0. The van der Waals surface area contributed by atoms with E-state index in [1.165, 1.54) is 42.7 Å². The van der Waals surface area contributed by atoms with Crippen LogP contribution in [0, 0.1) is 0 Å². The van der Waals surface area contributed by atoms with Gasteiger partial charge in [0.15, 0.2) is 0 Å². The molecule has 2 amide bonds. The van der Waals surface area contributed by atoms with Crippen molar-refractivity contribution in [3.05, 3.63) is 95.1 Å². The standard InChI is InChI=1S/C34H39F3N2O4/c1-3-5-6-7-8-9-22-38-31(40)29-18-16-28(17-19-29)27-14-10-25(11-15-27)23-39(32(41)33(42)43-4-2)24-26-12-20-30(21-13-26)34(35,36)37/h10-21H,3-9,22-24H2,1-2H3,(H,38,40). The van der Waals surface area contributed by atoms with E-state index in [0.29, 0.717) is 17.7 Å². The van der Waals surface area contributed by atoms with Crippen LogP contribution in [0.15, 0.2) is 72.8 Å². The molecule has 0 spiro atoms. The number of benzene rings is 3. The molecule has 0 aliphatic rings. The number of hydrogen-bond donors (Lipinski definition) is 1. The van der Waals surface area contributed by atoms with Gasteiger partial charge in [-0.25, -0.2) is 4.79 Å². The molecule has 0 bridgehead atoms. The Morgan fingerprint density at radius 2 is 1.23 bits per heavy atom. The first-order valence-corrected chi connectivity index (χ1v) is 14.7. The van der Waals surface area contributed by atoms with Crippen LogP contribution in [0.4, 0.5) is 13.2 Å². The summed E-state index contributed by atoms with van der Waals surface area (Å²) in [6.07, 6.45) is 2.49. The van der Waals surface area contributed by atoms with Gasteiger partial charge in [0.25, 0.3) is 5.91 Å². The van der Waals surface area contributed by atoms with Gasteiger partial charge >= 0.3 is 18.1 Å². The van der Waals surface area contributed by atoms with Crippen molar-refractivity contribution in [1.29, 1.82) is 0 Å². The summed E-state index contributed by atoms with van der Waals surface area (Å²) in [6, 6.07) is 19.1. The molecule has 6 nitrogen and oxygen atoms in total. The van der Waals surface area contributed by atoms with Crippen LogP contribution in [0.3, 0.4) is 0 Å². The quantitative estimate of drug-likeness (QED) is 0.118. The highest BCUT2D eigenvalue weighted by atomic mass is 19.4. The van der Waals surface area contributed by atoms with Gasteiger partial charge in [-0.15, -0.1) is 0 Å². The summed E-state index contributed by atoms with van der Waals surface area (Å²) in [5, 5.41) is 2.97. The normalized spacial score (nSPS) is 11.2. The maximum absolute atomic E-state index is 13.0. The molecule has 0 unspecified atom stereocenters. The van der Waals surface area contributed by atoms with E-state index in [9.17, 15) is 27.6 Å². The average Bonchev–Trinajstić information content (AvgIpc) is 3.00. The summed E-state index contributed by atoms with van der Waals surface area (Å²) in [4.78, 5) is 38.7. The van der Waals surface area contributed by atoms with Gasteiger partial charge in [-0.3, -0.25) is 9.59 Å². The number of halogens is 3. The fourth-order valence-electron chi connectivity index (χ4n) is 4.59. The van der Waals surface area contributed by atoms with Gasteiger partial charge in [0.05, 0.1) is 12.2 Å². The number of unbranched alkanes of at least 4 members (excludes halogenated alkanes) is 5. The third kappa shape index (κ3) is 10.6. The predicted octanol–water partition coefficient (Wildman–Crippen LogP) is 7.55. The van der Waals surface area contributed by atoms with E-state index in [0.717, 1.165) is 41.7 Å². The van der Waals surface area contributed by atoms with E-state index in [2.05, 4.69) is 12.2 Å². The number of alkyl halides is 3. The summed E-state index contributed by atoms with van der Waals surface area (Å²) in [5.74, 6) is -2.01. The monoisotopic (exact) mass is 596 g/mol. The average molecular weight is 597 g/mol. The first-order valence-electron chi connectivity index (χ1n) is 14.7. The van der Waals surface area contributed by atoms with E-state index in [-0.39, 0.29) is 25.6 Å². The lowest BCUT2D eigenvalue weighted by molar-refractivity contribution is -0.160.